The van der Waals surface area contributed by atoms with E-state index in [0.29, 0.717) is 19.6 Å². The summed E-state index contributed by atoms with van der Waals surface area (Å²) >= 11 is 0. The Hall–Kier alpha value is -2.92. The van der Waals surface area contributed by atoms with E-state index < -0.39 is 6.09 Å². The molecule has 0 N–H and O–H groups in total. The fourth-order valence-corrected chi connectivity index (χ4v) is 2.82. The number of nitrogens with zero attached hydrogens (tertiary/aromatic N) is 1. The van der Waals surface area contributed by atoms with Gasteiger partial charge in [0, 0.05) is 6.08 Å². The van der Waals surface area contributed by atoms with E-state index in [1.165, 1.54) is 11.0 Å². The standard InChI is InChI=1S/C21H21NO4/c23-20(12-7-13-25-15-18-10-5-2-6-11-18)22-19(16-26-21(22)24)14-17-8-3-1-4-9-17/h1-12,19H,13-16H2/b12-7+/t19-/m1/s1. The van der Waals surface area contributed by atoms with Crippen molar-refractivity contribution >= 4 is 12.0 Å². The summed E-state index contributed by atoms with van der Waals surface area (Å²) in [6, 6.07) is 19.3. The van der Waals surface area contributed by atoms with Gasteiger partial charge < -0.3 is 9.47 Å². The van der Waals surface area contributed by atoms with Crippen LogP contribution in [-0.4, -0.2) is 36.2 Å². The van der Waals surface area contributed by atoms with Crippen LogP contribution < -0.4 is 0 Å². The van der Waals surface area contributed by atoms with Gasteiger partial charge in [-0.15, -0.1) is 0 Å². The zero-order chi connectivity index (χ0) is 18.2. The number of carbonyl (C=O) groups is 2. The van der Waals surface area contributed by atoms with E-state index in [9.17, 15) is 9.59 Å². The molecule has 0 saturated carbocycles. The monoisotopic (exact) mass is 351 g/mol. The quantitative estimate of drug-likeness (QED) is 0.567. The van der Waals surface area contributed by atoms with Crippen LogP contribution >= 0.6 is 0 Å². The first-order valence-electron chi connectivity index (χ1n) is 8.56. The number of imide groups is 1. The summed E-state index contributed by atoms with van der Waals surface area (Å²) in [7, 11) is 0. The second kappa shape index (κ2) is 8.97. The van der Waals surface area contributed by atoms with Crippen LogP contribution in [0.15, 0.2) is 72.8 Å². The Kier molecular flexibility index (Phi) is 6.17. The molecule has 1 fully saturated rings. The van der Waals surface area contributed by atoms with Crippen molar-refractivity contribution in [3.63, 3.8) is 0 Å². The van der Waals surface area contributed by atoms with E-state index in [1.54, 1.807) is 6.08 Å². The van der Waals surface area contributed by atoms with Crippen molar-refractivity contribution in [3.05, 3.63) is 83.9 Å². The molecule has 0 unspecified atom stereocenters. The van der Waals surface area contributed by atoms with Crippen molar-refractivity contribution in [1.29, 1.82) is 0 Å². The van der Waals surface area contributed by atoms with Crippen LogP contribution in [0.3, 0.4) is 0 Å². The van der Waals surface area contributed by atoms with Crippen LogP contribution in [0.25, 0.3) is 0 Å². The average Bonchev–Trinajstić information content (AvgIpc) is 3.03. The first-order chi connectivity index (χ1) is 12.7. The maximum Gasteiger partial charge on any atom is 0.417 e. The summed E-state index contributed by atoms with van der Waals surface area (Å²) in [4.78, 5) is 25.5. The highest BCUT2D eigenvalue weighted by Crippen LogP contribution is 2.17. The molecule has 134 valence electrons. The summed E-state index contributed by atoms with van der Waals surface area (Å²) in [5.74, 6) is -0.378. The van der Waals surface area contributed by atoms with Gasteiger partial charge in [-0.05, 0) is 17.5 Å². The molecule has 0 radical (unpaired) electrons. The van der Waals surface area contributed by atoms with E-state index in [-0.39, 0.29) is 18.6 Å². The lowest BCUT2D eigenvalue weighted by atomic mass is 10.1. The maximum atomic E-state index is 12.4. The number of carbonyl (C=O) groups excluding carboxylic acids is 2. The summed E-state index contributed by atoms with van der Waals surface area (Å²) < 4.78 is 10.6. The van der Waals surface area contributed by atoms with Crippen LogP contribution in [0.2, 0.25) is 0 Å². The van der Waals surface area contributed by atoms with Gasteiger partial charge in [0.2, 0.25) is 0 Å². The van der Waals surface area contributed by atoms with Gasteiger partial charge in [0.25, 0.3) is 5.91 Å². The molecule has 1 atom stereocenters. The first-order valence-corrected chi connectivity index (χ1v) is 8.56. The molecular weight excluding hydrogens is 330 g/mol. The predicted molar refractivity (Wildman–Crippen MR) is 97.4 cm³/mol. The highest BCUT2D eigenvalue weighted by atomic mass is 16.6. The van der Waals surface area contributed by atoms with Crippen molar-refractivity contribution in [2.24, 2.45) is 0 Å². The molecule has 2 aromatic carbocycles. The molecule has 1 aliphatic heterocycles. The van der Waals surface area contributed by atoms with Gasteiger partial charge in [0.15, 0.2) is 0 Å². The Labute approximate surface area is 152 Å². The Bertz CT molecular complexity index is 758. The Morgan fingerprint density at radius 2 is 1.73 bits per heavy atom. The molecule has 2 amide bonds. The van der Waals surface area contributed by atoms with Gasteiger partial charge in [0.05, 0.1) is 19.3 Å². The van der Waals surface area contributed by atoms with Crippen molar-refractivity contribution in [1.82, 2.24) is 4.90 Å². The Morgan fingerprint density at radius 1 is 1.08 bits per heavy atom. The van der Waals surface area contributed by atoms with Gasteiger partial charge in [0.1, 0.15) is 6.61 Å². The summed E-state index contributed by atoms with van der Waals surface area (Å²) in [5, 5.41) is 0. The van der Waals surface area contributed by atoms with Crippen LogP contribution in [-0.2, 0) is 27.3 Å². The number of benzene rings is 2. The zero-order valence-corrected chi connectivity index (χ0v) is 14.4. The minimum atomic E-state index is -0.592. The van der Waals surface area contributed by atoms with E-state index >= 15 is 0 Å². The Morgan fingerprint density at radius 3 is 2.42 bits per heavy atom. The number of cyclic esters (lactones) is 1. The lowest BCUT2D eigenvalue weighted by Gasteiger charge is -2.18. The van der Waals surface area contributed by atoms with Gasteiger partial charge in [-0.2, -0.15) is 0 Å². The number of hydrogen-bond donors (Lipinski definition) is 0. The molecule has 5 nitrogen and oxygen atoms in total. The zero-order valence-electron chi connectivity index (χ0n) is 14.4. The third kappa shape index (κ3) is 4.80. The van der Waals surface area contributed by atoms with Gasteiger partial charge in [-0.3, -0.25) is 4.79 Å². The van der Waals surface area contributed by atoms with E-state index in [2.05, 4.69) is 0 Å². The molecule has 1 saturated heterocycles. The minimum Gasteiger partial charge on any atom is -0.447 e. The molecule has 0 spiro atoms. The Balaban J connectivity index is 1.50. The fraction of sp³-hybridized carbons (Fsp3) is 0.238. The van der Waals surface area contributed by atoms with E-state index in [1.807, 2.05) is 60.7 Å². The lowest BCUT2D eigenvalue weighted by molar-refractivity contribution is -0.124. The van der Waals surface area contributed by atoms with Crippen LogP contribution in [0.4, 0.5) is 4.79 Å². The van der Waals surface area contributed by atoms with E-state index in [0.717, 1.165) is 11.1 Å². The van der Waals surface area contributed by atoms with Crippen LogP contribution in [0.1, 0.15) is 11.1 Å². The van der Waals surface area contributed by atoms with Gasteiger partial charge >= 0.3 is 6.09 Å². The molecule has 1 heterocycles. The number of rotatable bonds is 7. The van der Waals surface area contributed by atoms with Crippen LogP contribution in [0.5, 0.6) is 0 Å². The summed E-state index contributed by atoms with van der Waals surface area (Å²) in [5.41, 5.74) is 2.13. The SMILES string of the molecule is O=C(/C=C/COCc1ccccc1)N1C(=O)OC[C@H]1Cc1ccccc1. The molecule has 3 rings (SSSR count). The first kappa shape index (κ1) is 17.9. The maximum absolute atomic E-state index is 12.4. The van der Waals surface area contributed by atoms with Crippen molar-refractivity contribution < 1.29 is 19.1 Å². The lowest BCUT2D eigenvalue weighted by Crippen LogP contribution is -2.39. The smallest absolute Gasteiger partial charge is 0.417 e. The molecule has 0 aromatic heterocycles. The number of hydrogen-bond acceptors (Lipinski definition) is 4. The largest absolute Gasteiger partial charge is 0.447 e. The second-order valence-electron chi connectivity index (χ2n) is 6.03. The number of ether oxygens (including phenoxy) is 2. The van der Waals surface area contributed by atoms with Gasteiger partial charge in [-0.1, -0.05) is 66.7 Å². The highest BCUT2D eigenvalue weighted by molar-refractivity contribution is 5.99. The fourth-order valence-electron chi connectivity index (χ4n) is 2.82. The molecule has 5 heteroatoms. The van der Waals surface area contributed by atoms with E-state index in [4.69, 9.17) is 9.47 Å². The van der Waals surface area contributed by atoms with Crippen molar-refractivity contribution in [2.45, 2.75) is 19.1 Å². The molecule has 0 aliphatic carbocycles. The minimum absolute atomic E-state index is 0.220. The van der Waals surface area contributed by atoms with Crippen LogP contribution in [0, 0.1) is 0 Å². The summed E-state index contributed by atoms with van der Waals surface area (Å²) in [6.07, 6.45) is 2.98. The molecule has 26 heavy (non-hydrogen) atoms. The van der Waals surface area contributed by atoms with Gasteiger partial charge in [-0.25, -0.2) is 9.69 Å². The summed E-state index contributed by atoms with van der Waals surface area (Å²) in [6.45, 7) is 0.993. The average molecular weight is 351 g/mol. The second-order valence-corrected chi connectivity index (χ2v) is 6.03. The highest BCUT2D eigenvalue weighted by Gasteiger charge is 2.36. The molecule has 1 aliphatic rings. The molecule has 0 bridgehead atoms. The normalized spacial score (nSPS) is 16.8. The predicted octanol–water partition coefficient (Wildman–Crippen LogP) is 3.35. The topological polar surface area (TPSA) is 55.8 Å². The molecular formula is C21H21NO4. The third-order valence-electron chi connectivity index (χ3n) is 4.10. The van der Waals surface area contributed by atoms with Crippen molar-refractivity contribution in [2.75, 3.05) is 13.2 Å². The number of amides is 2. The van der Waals surface area contributed by atoms with Crippen molar-refractivity contribution in [3.8, 4) is 0 Å². The third-order valence-corrected chi connectivity index (χ3v) is 4.10. The molecule has 2 aromatic rings.